The maximum atomic E-state index is 12.5. The van der Waals surface area contributed by atoms with Crippen molar-refractivity contribution in [1.82, 2.24) is 4.90 Å². The van der Waals surface area contributed by atoms with Crippen LogP contribution < -0.4 is 0 Å². The first-order valence-corrected chi connectivity index (χ1v) is 5.55. The molecule has 0 radical (unpaired) electrons. The minimum Gasteiger partial charge on any atom is -0.371 e. The van der Waals surface area contributed by atoms with E-state index in [1.165, 1.54) is 0 Å². The number of hydrogen-bond acceptors (Lipinski definition) is 2. The molecule has 0 aliphatic carbocycles. The third kappa shape index (κ3) is 4.31. The Labute approximate surface area is 97.4 Å². The highest BCUT2D eigenvalue weighted by atomic mass is 19.1. The molecule has 1 fully saturated rings. The first-order chi connectivity index (χ1) is 7.65. The Balaban J connectivity index is 0.00000106. The van der Waals surface area contributed by atoms with E-state index in [2.05, 4.69) is 13.2 Å². The second-order valence-corrected chi connectivity index (χ2v) is 3.26. The highest BCUT2D eigenvalue weighted by molar-refractivity contribution is 5.42. The summed E-state index contributed by atoms with van der Waals surface area (Å²) in [6, 6.07) is 1.93. The third-order valence-corrected chi connectivity index (χ3v) is 2.22. The van der Waals surface area contributed by atoms with Gasteiger partial charge in [0, 0.05) is 18.8 Å². The van der Waals surface area contributed by atoms with Crippen LogP contribution in [0.4, 0.5) is 4.39 Å². The second kappa shape index (κ2) is 7.70. The molecule has 1 saturated heterocycles. The summed E-state index contributed by atoms with van der Waals surface area (Å²) in [4.78, 5) is 2.00. The third-order valence-electron chi connectivity index (χ3n) is 2.22. The molecule has 1 aliphatic rings. The lowest BCUT2D eigenvalue weighted by Crippen LogP contribution is -2.18. The van der Waals surface area contributed by atoms with E-state index in [4.69, 9.17) is 5.26 Å². The van der Waals surface area contributed by atoms with E-state index >= 15 is 0 Å². The maximum absolute atomic E-state index is 12.5. The van der Waals surface area contributed by atoms with Gasteiger partial charge in [-0.2, -0.15) is 5.26 Å². The summed E-state index contributed by atoms with van der Waals surface area (Å²) < 4.78 is 12.5. The van der Waals surface area contributed by atoms with E-state index in [0.717, 1.165) is 32.0 Å². The zero-order chi connectivity index (χ0) is 12.6. The van der Waals surface area contributed by atoms with Crippen LogP contribution in [0.2, 0.25) is 0 Å². The topological polar surface area (TPSA) is 27.0 Å². The van der Waals surface area contributed by atoms with Gasteiger partial charge in [-0.3, -0.25) is 0 Å². The molecule has 88 valence electrons. The fraction of sp³-hybridized carbons (Fsp3) is 0.462. The summed E-state index contributed by atoms with van der Waals surface area (Å²) in [5, 5.41) is 8.79. The zero-order valence-corrected chi connectivity index (χ0v) is 10.1. The molecule has 0 unspecified atom stereocenters. The molecule has 1 aliphatic heterocycles. The number of allylic oxidation sites excluding steroid dienone is 3. The van der Waals surface area contributed by atoms with E-state index in [9.17, 15) is 4.39 Å². The van der Waals surface area contributed by atoms with Crippen molar-refractivity contribution >= 4 is 0 Å². The van der Waals surface area contributed by atoms with Crippen LogP contribution in [0.3, 0.4) is 0 Å². The van der Waals surface area contributed by atoms with Crippen molar-refractivity contribution in [2.45, 2.75) is 26.7 Å². The normalized spacial score (nSPS) is 14.9. The fourth-order valence-corrected chi connectivity index (χ4v) is 1.49. The molecule has 0 amide bonds. The number of rotatable bonds is 3. The molecule has 1 rings (SSSR count). The van der Waals surface area contributed by atoms with Gasteiger partial charge >= 0.3 is 0 Å². The van der Waals surface area contributed by atoms with Gasteiger partial charge in [-0.1, -0.05) is 27.0 Å². The van der Waals surface area contributed by atoms with Crippen molar-refractivity contribution in [3.63, 3.8) is 0 Å². The summed E-state index contributed by atoms with van der Waals surface area (Å²) in [6.45, 7) is 12.7. The number of nitriles is 1. The number of likely N-dealkylation sites (tertiary alicyclic amines) is 1. The molecule has 3 heteroatoms. The molecule has 1 heterocycles. The monoisotopic (exact) mass is 222 g/mol. The molecule has 0 aromatic heterocycles. The zero-order valence-electron chi connectivity index (χ0n) is 10.1. The Morgan fingerprint density at radius 2 is 1.81 bits per heavy atom. The Morgan fingerprint density at radius 1 is 1.31 bits per heavy atom. The van der Waals surface area contributed by atoms with Gasteiger partial charge in [-0.15, -0.1) is 0 Å². The van der Waals surface area contributed by atoms with Crippen molar-refractivity contribution in [3.05, 3.63) is 36.3 Å². The van der Waals surface area contributed by atoms with Crippen molar-refractivity contribution < 1.29 is 4.39 Å². The van der Waals surface area contributed by atoms with Gasteiger partial charge in [0.1, 0.15) is 11.9 Å². The van der Waals surface area contributed by atoms with Gasteiger partial charge in [-0.25, -0.2) is 4.39 Å². The molecular weight excluding hydrogens is 203 g/mol. The summed E-state index contributed by atoms with van der Waals surface area (Å²) in [7, 11) is 0. The highest BCUT2D eigenvalue weighted by Crippen LogP contribution is 2.20. The number of nitrogens with zero attached hydrogens (tertiary/aromatic N) is 2. The van der Waals surface area contributed by atoms with Gasteiger partial charge < -0.3 is 4.90 Å². The average molecular weight is 222 g/mol. The van der Waals surface area contributed by atoms with Crippen LogP contribution in [0.15, 0.2) is 36.3 Å². The van der Waals surface area contributed by atoms with Crippen molar-refractivity contribution in [2.24, 2.45) is 0 Å². The van der Waals surface area contributed by atoms with Crippen LogP contribution in [0.5, 0.6) is 0 Å². The number of hydrogen-bond donors (Lipinski definition) is 0. The van der Waals surface area contributed by atoms with E-state index in [-0.39, 0.29) is 5.57 Å². The predicted octanol–water partition coefficient (Wildman–Crippen LogP) is 3.56. The molecule has 0 spiro atoms. The summed E-state index contributed by atoms with van der Waals surface area (Å²) >= 11 is 0. The van der Waals surface area contributed by atoms with Crippen molar-refractivity contribution in [3.8, 4) is 6.07 Å². The lowest BCUT2D eigenvalue weighted by atomic mass is 10.2. The number of halogens is 1. The minimum absolute atomic E-state index is 0.263. The molecule has 0 atom stereocenters. The Morgan fingerprint density at radius 3 is 2.19 bits per heavy atom. The smallest absolute Gasteiger partial charge is 0.117 e. The molecule has 0 aromatic carbocycles. The lowest BCUT2D eigenvalue weighted by Gasteiger charge is -2.19. The molecule has 0 saturated carbocycles. The predicted molar refractivity (Wildman–Crippen MR) is 65.2 cm³/mol. The van der Waals surface area contributed by atoms with Gasteiger partial charge in [0.25, 0.3) is 0 Å². The van der Waals surface area contributed by atoms with E-state index < -0.39 is 5.83 Å². The van der Waals surface area contributed by atoms with Crippen LogP contribution in [-0.4, -0.2) is 18.0 Å². The van der Waals surface area contributed by atoms with Gasteiger partial charge in [0.2, 0.25) is 0 Å². The highest BCUT2D eigenvalue weighted by Gasteiger charge is 2.16. The average Bonchev–Trinajstić information content (AvgIpc) is 2.81. The first kappa shape index (κ1) is 14.4. The standard InChI is InChI=1S/C11H13FN2.C2H6/c1-9(12)7-11(8-13)10(2)14-5-3-4-6-14;1-2/h7H,1-6H2;1-2H3/b11-7-;. The minimum atomic E-state index is -0.609. The van der Waals surface area contributed by atoms with Crippen LogP contribution in [0, 0.1) is 11.3 Å². The SMILES string of the molecule is C=C(F)/C=C(/C#N)C(=C)N1CCCC1.CC. The first-order valence-electron chi connectivity index (χ1n) is 5.55. The molecule has 16 heavy (non-hydrogen) atoms. The van der Waals surface area contributed by atoms with Gasteiger partial charge in [-0.05, 0) is 18.9 Å². The molecule has 0 bridgehead atoms. The van der Waals surface area contributed by atoms with Gasteiger partial charge in [0.15, 0.2) is 0 Å². The van der Waals surface area contributed by atoms with Crippen molar-refractivity contribution in [1.29, 1.82) is 5.26 Å². The van der Waals surface area contributed by atoms with Gasteiger partial charge in [0.05, 0.1) is 5.57 Å². The van der Waals surface area contributed by atoms with Crippen molar-refractivity contribution in [2.75, 3.05) is 13.1 Å². The summed E-state index contributed by atoms with van der Waals surface area (Å²) in [5.41, 5.74) is 0.864. The Hall–Kier alpha value is -1.56. The molecule has 0 N–H and O–H groups in total. The molecule has 0 aromatic rings. The molecular formula is C13H19FN2. The fourth-order valence-electron chi connectivity index (χ4n) is 1.49. The summed E-state index contributed by atoms with van der Waals surface area (Å²) in [6.07, 6.45) is 3.34. The Bertz CT molecular complexity index is 317. The van der Waals surface area contributed by atoms with E-state index in [1.54, 1.807) is 0 Å². The van der Waals surface area contributed by atoms with E-state index in [0.29, 0.717) is 5.70 Å². The largest absolute Gasteiger partial charge is 0.371 e. The van der Waals surface area contributed by atoms with E-state index in [1.807, 2.05) is 24.8 Å². The van der Waals surface area contributed by atoms with Crippen LogP contribution in [0.1, 0.15) is 26.7 Å². The van der Waals surface area contributed by atoms with Crippen LogP contribution >= 0.6 is 0 Å². The van der Waals surface area contributed by atoms with Crippen LogP contribution in [0.25, 0.3) is 0 Å². The lowest BCUT2D eigenvalue weighted by molar-refractivity contribution is 0.438. The van der Waals surface area contributed by atoms with Crippen LogP contribution in [-0.2, 0) is 0 Å². The second-order valence-electron chi connectivity index (χ2n) is 3.26. The molecule has 2 nitrogen and oxygen atoms in total. The Kier molecular flexibility index (Phi) is 6.95. The summed E-state index contributed by atoms with van der Waals surface area (Å²) in [5.74, 6) is -0.609. The quantitative estimate of drug-likeness (QED) is 0.539. The maximum Gasteiger partial charge on any atom is 0.117 e.